The Morgan fingerprint density at radius 2 is 1.64 bits per heavy atom. The van der Waals surface area contributed by atoms with Crippen molar-refractivity contribution in [1.29, 1.82) is 0 Å². The molecule has 22 heavy (non-hydrogen) atoms. The number of hydrogen-bond donors (Lipinski definition) is 0. The zero-order chi connectivity index (χ0) is 15.4. The Bertz CT molecular complexity index is 359. The van der Waals surface area contributed by atoms with Crippen molar-refractivity contribution in [3.63, 3.8) is 0 Å². The van der Waals surface area contributed by atoms with Gasteiger partial charge in [0, 0.05) is 25.7 Å². The van der Waals surface area contributed by atoms with Gasteiger partial charge in [0.15, 0.2) is 0 Å². The van der Waals surface area contributed by atoms with Crippen LogP contribution in [0.2, 0.25) is 0 Å². The summed E-state index contributed by atoms with van der Waals surface area (Å²) in [5.74, 6) is 1.17. The van der Waals surface area contributed by atoms with E-state index in [4.69, 9.17) is 0 Å². The van der Waals surface area contributed by atoms with Crippen molar-refractivity contribution >= 4 is 5.91 Å². The Hall–Kier alpha value is -0.610. The van der Waals surface area contributed by atoms with Gasteiger partial charge in [0.1, 0.15) is 0 Å². The van der Waals surface area contributed by atoms with E-state index >= 15 is 0 Å². The molecule has 3 heterocycles. The molecule has 0 spiro atoms. The molecule has 3 fully saturated rings. The van der Waals surface area contributed by atoms with E-state index in [1.54, 1.807) is 0 Å². The van der Waals surface area contributed by atoms with E-state index in [-0.39, 0.29) is 0 Å². The van der Waals surface area contributed by atoms with Crippen molar-refractivity contribution in [2.75, 3.05) is 45.8 Å². The van der Waals surface area contributed by atoms with Gasteiger partial charge in [0.2, 0.25) is 5.91 Å². The molecular weight excluding hydrogens is 274 g/mol. The largest absolute Gasteiger partial charge is 0.342 e. The molecule has 0 N–H and O–H groups in total. The molecule has 4 nitrogen and oxygen atoms in total. The Labute approximate surface area is 135 Å². The number of nitrogens with zero attached hydrogens (tertiary/aromatic N) is 3. The Morgan fingerprint density at radius 3 is 2.36 bits per heavy atom. The van der Waals surface area contributed by atoms with Crippen molar-refractivity contribution in [2.45, 2.75) is 57.9 Å². The maximum absolute atomic E-state index is 12.6. The average Bonchev–Trinajstić information content (AvgIpc) is 2.96. The topological polar surface area (TPSA) is 26.8 Å². The van der Waals surface area contributed by atoms with Crippen LogP contribution in [-0.2, 0) is 4.79 Å². The van der Waals surface area contributed by atoms with Gasteiger partial charge in [-0.1, -0.05) is 13.3 Å². The van der Waals surface area contributed by atoms with E-state index in [1.165, 1.54) is 64.6 Å². The SMILES string of the molecule is CC1CCN(C(=O)CN2CCCC2CN2CCCCC2)CC1. The minimum atomic E-state index is 0.373. The second kappa shape index (κ2) is 7.78. The lowest BCUT2D eigenvalue weighted by Crippen LogP contribution is -2.48. The van der Waals surface area contributed by atoms with Crippen LogP contribution in [0.25, 0.3) is 0 Å². The van der Waals surface area contributed by atoms with Gasteiger partial charge in [-0.25, -0.2) is 0 Å². The molecule has 0 saturated carbocycles. The predicted molar refractivity (Wildman–Crippen MR) is 89.9 cm³/mol. The number of carbonyl (C=O) groups excluding carboxylic acids is 1. The first-order chi connectivity index (χ1) is 10.7. The van der Waals surface area contributed by atoms with Crippen molar-refractivity contribution in [1.82, 2.24) is 14.7 Å². The minimum absolute atomic E-state index is 0.373. The lowest BCUT2D eigenvalue weighted by Gasteiger charge is -2.35. The first-order valence-electron chi connectivity index (χ1n) is 9.46. The molecule has 3 saturated heterocycles. The third-order valence-electron chi connectivity index (χ3n) is 5.89. The number of likely N-dealkylation sites (tertiary alicyclic amines) is 3. The Kier molecular flexibility index (Phi) is 5.75. The number of piperidine rings is 2. The molecule has 0 aromatic heterocycles. The summed E-state index contributed by atoms with van der Waals surface area (Å²) in [5, 5.41) is 0. The third-order valence-corrected chi connectivity index (χ3v) is 5.89. The molecular formula is C18H33N3O. The molecule has 3 aliphatic heterocycles. The van der Waals surface area contributed by atoms with Crippen LogP contribution in [0, 0.1) is 5.92 Å². The van der Waals surface area contributed by atoms with Crippen LogP contribution in [-0.4, -0.2) is 72.5 Å². The fraction of sp³-hybridized carbons (Fsp3) is 0.944. The first-order valence-corrected chi connectivity index (χ1v) is 9.46. The summed E-state index contributed by atoms with van der Waals surface area (Å²) in [6.45, 7) is 9.75. The van der Waals surface area contributed by atoms with Crippen molar-refractivity contribution in [3.8, 4) is 0 Å². The average molecular weight is 307 g/mol. The van der Waals surface area contributed by atoms with Crippen LogP contribution in [0.5, 0.6) is 0 Å². The molecule has 0 radical (unpaired) electrons. The van der Waals surface area contributed by atoms with Gasteiger partial charge in [0.25, 0.3) is 0 Å². The summed E-state index contributed by atoms with van der Waals surface area (Å²) in [6, 6.07) is 0.616. The van der Waals surface area contributed by atoms with Gasteiger partial charge in [-0.3, -0.25) is 9.69 Å². The van der Waals surface area contributed by atoms with E-state index in [0.717, 1.165) is 25.6 Å². The summed E-state index contributed by atoms with van der Waals surface area (Å²) < 4.78 is 0. The van der Waals surface area contributed by atoms with Crippen LogP contribution < -0.4 is 0 Å². The highest BCUT2D eigenvalue weighted by molar-refractivity contribution is 5.78. The second-order valence-corrected chi connectivity index (χ2v) is 7.69. The molecule has 1 unspecified atom stereocenters. The fourth-order valence-corrected chi connectivity index (χ4v) is 4.28. The zero-order valence-electron chi connectivity index (χ0n) is 14.3. The smallest absolute Gasteiger partial charge is 0.236 e. The summed E-state index contributed by atoms with van der Waals surface area (Å²) in [7, 11) is 0. The quantitative estimate of drug-likeness (QED) is 0.796. The number of rotatable bonds is 4. The van der Waals surface area contributed by atoms with Crippen LogP contribution in [0.1, 0.15) is 51.9 Å². The monoisotopic (exact) mass is 307 g/mol. The first kappa shape index (κ1) is 16.3. The van der Waals surface area contributed by atoms with Crippen LogP contribution in [0.15, 0.2) is 0 Å². The highest BCUT2D eigenvalue weighted by Gasteiger charge is 2.30. The standard InChI is InChI=1S/C18H33N3O/c1-16-7-12-20(13-8-16)18(22)15-21-11-5-6-17(21)14-19-9-3-2-4-10-19/h16-17H,2-15H2,1H3. The van der Waals surface area contributed by atoms with Gasteiger partial charge >= 0.3 is 0 Å². The zero-order valence-corrected chi connectivity index (χ0v) is 14.3. The maximum Gasteiger partial charge on any atom is 0.236 e. The molecule has 3 aliphatic rings. The molecule has 1 amide bonds. The summed E-state index contributed by atoms with van der Waals surface area (Å²) >= 11 is 0. The molecule has 0 bridgehead atoms. The third kappa shape index (κ3) is 4.23. The number of carbonyl (C=O) groups is 1. The molecule has 1 atom stereocenters. The van der Waals surface area contributed by atoms with Gasteiger partial charge in [-0.2, -0.15) is 0 Å². The van der Waals surface area contributed by atoms with Crippen molar-refractivity contribution in [2.24, 2.45) is 5.92 Å². The molecule has 3 rings (SSSR count). The van der Waals surface area contributed by atoms with E-state index in [2.05, 4.69) is 21.6 Å². The highest BCUT2D eigenvalue weighted by atomic mass is 16.2. The lowest BCUT2D eigenvalue weighted by molar-refractivity contribution is -0.134. The van der Waals surface area contributed by atoms with E-state index in [9.17, 15) is 4.79 Å². The number of hydrogen-bond acceptors (Lipinski definition) is 3. The molecule has 0 aromatic carbocycles. The van der Waals surface area contributed by atoms with Gasteiger partial charge in [-0.15, -0.1) is 0 Å². The van der Waals surface area contributed by atoms with Gasteiger partial charge in [0.05, 0.1) is 6.54 Å². The van der Waals surface area contributed by atoms with Crippen molar-refractivity contribution in [3.05, 3.63) is 0 Å². The highest BCUT2D eigenvalue weighted by Crippen LogP contribution is 2.21. The van der Waals surface area contributed by atoms with Gasteiger partial charge < -0.3 is 9.80 Å². The molecule has 4 heteroatoms. The van der Waals surface area contributed by atoms with E-state index < -0.39 is 0 Å². The molecule has 126 valence electrons. The molecule has 0 aromatic rings. The number of amides is 1. The fourth-order valence-electron chi connectivity index (χ4n) is 4.28. The Balaban J connectivity index is 1.46. The second-order valence-electron chi connectivity index (χ2n) is 7.69. The van der Waals surface area contributed by atoms with Crippen molar-refractivity contribution < 1.29 is 4.79 Å². The lowest BCUT2D eigenvalue weighted by atomic mass is 9.99. The van der Waals surface area contributed by atoms with E-state index in [0.29, 0.717) is 18.5 Å². The van der Waals surface area contributed by atoms with Crippen LogP contribution >= 0.6 is 0 Å². The normalized spacial score (nSPS) is 29.1. The maximum atomic E-state index is 12.6. The van der Waals surface area contributed by atoms with Gasteiger partial charge in [-0.05, 0) is 64.1 Å². The Morgan fingerprint density at radius 1 is 0.909 bits per heavy atom. The predicted octanol–water partition coefficient (Wildman–Crippen LogP) is 2.20. The van der Waals surface area contributed by atoms with Crippen LogP contribution in [0.4, 0.5) is 0 Å². The summed E-state index contributed by atoms with van der Waals surface area (Å²) in [4.78, 5) is 19.8. The summed E-state index contributed by atoms with van der Waals surface area (Å²) in [6.07, 6.45) is 9.03. The minimum Gasteiger partial charge on any atom is -0.342 e. The van der Waals surface area contributed by atoms with E-state index in [1.807, 2.05) is 0 Å². The summed E-state index contributed by atoms with van der Waals surface area (Å²) in [5.41, 5.74) is 0. The van der Waals surface area contributed by atoms with Crippen LogP contribution in [0.3, 0.4) is 0 Å². The molecule has 0 aliphatic carbocycles.